The van der Waals surface area contributed by atoms with Crippen LogP contribution in [0.1, 0.15) is 22.3 Å². The van der Waals surface area contributed by atoms with Gasteiger partial charge >= 0.3 is 5.97 Å². The van der Waals surface area contributed by atoms with Gasteiger partial charge in [-0.3, -0.25) is 0 Å². The molecule has 1 rings (SSSR count). The Balaban J connectivity index is 2.66. The molecule has 73 valence electrons. The highest BCUT2D eigenvalue weighted by Gasteiger charge is 2.04. The lowest BCUT2D eigenvalue weighted by atomic mass is 10.1. The molecule has 0 bridgehead atoms. The second-order valence-corrected chi connectivity index (χ2v) is 2.82. The smallest absolute Gasteiger partial charge is 0.338 e. The molecule has 2 nitrogen and oxygen atoms in total. The third-order valence-corrected chi connectivity index (χ3v) is 1.76. The van der Waals surface area contributed by atoms with Crippen LogP contribution in [-0.4, -0.2) is 12.6 Å². The van der Waals surface area contributed by atoms with Crippen LogP contribution in [0.15, 0.2) is 30.8 Å². The van der Waals surface area contributed by atoms with Gasteiger partial charge in [0.2, 0.25) is 0 Å². The first-order valence-electron chi connectivity index (χ1n) is 4.47. The molecular formula is C12H13O2. The van der Waals surface area contributed by atoms with Crippen molar-refractivity contribution in [1.29, 1.82) is 0 Å². The van der Waals surface area contributed by atoms with Crippen LogP contribution >= 0.6 is 0 Å². The zero-order valence-corrected chi connectivity index (χ0v) is 8.03. The van der Waals surface area contributed by atoms with Crippen LogP contribution in [0.2, 0.25) is 0 Å². The molecule has 1 radical (unpaired) electrons. The monoisotopic (exact) mass is 189 g/mol. The van der Waals surface area contributed by atoms with E-state index in [2.05, 4.69) is 13.5 Å². The molecule has 2 heteroatoms. The predicted octanol–water partition coefficient (Wildman–Crippen LogP) is 2.71. The van der Waals surface area contributed by atoms with Gasteiger partial charge in [-0.2, -0.15) is 0 Å². The molecular weight excluding hydrogens is 176 g/mol. The van der Waals surface area contributed by atoms with E-state index in [4.69, 9.17) is 4.74 Å². The Morgan fingerprint density at radius 1 is 1.36 bits per heavy atom. The van der Waals surface area contributed by atoms with Crippen LogP contribution in [0.3, 0.4) is 0 Å². The highest BCUT2D eigenvalue weighted by Crippen LogP contribution is 2.06. The van der Waals surface area contributed by atoms with Gasteiger partial charge in [0, 0.05) is 0 Å². The number of carbonyl (C=O) groups excluding carboxylic acids is 1. The van der Waals surface area contributed by atoms with E-state index in [1.807, 2.05) is 12.1 Å². The van der Waals surface area contributed by atoms with Crippen LogP contribution in [-0.2, 0) is 4.74 Å². The quantitative estimate of drug-likeness (QED) is 0.681. The molecule has 0 amide bonds. The molecule has 0 unspecified atom stereocenters. The molecule has 0 fully saturated rings. The summed E-state index contributed by atoms with van der Waals surface area (Å²) in [4.78, 5) is 11.3. The SMILES string of the molecule is [CH2]CCOC(=O)c1ccc(C=C)cc1. The zero-order valence-electron chi connectivity index (χ0n) is 8.03. The van der Waals surface area contributed by atoms with E-state index >= 15 is 0 Å². The maximum absolute atomic E-state index is 11.3. The second kappa shape index (κ2) is 5.22. The van der Waals surface area contributed by atoms with E-state index in [9.17, 15) is 4.79 Å². The third-order valence-electron chi connectivity index (χ3n) is 1.76. The zero-order chi connectivity index (χ0) is 10.4. The minimum Gasteiger partial charge on any atom is -0.462 e. The Labute approximate surface area is 84.2 Å². The predicted molar refractivity (Wildman–Crippen MR) is 56.8 cm³/mol. The molecule has 0 aliphatic carbocycles. The van der Waals surface area contributed by atoms with Gasteiger partial charge in [-0.1, -0.05) is 24.8 Å². The van der Waals surface area contributed by atoms with Gasteiger partial charge in [-0.15, -0.1) is 0 Å². The lowest BCUT2D eigenvalue weighted by molar-refractivity contribution is 0.0511. The standard InChI is InChI=1S/C12H13O2/c1-3-9-14-12(13)11-7-5-10(4-2)6-8-11/h4-8H,1-3,9H2. The fraction of sp³-hybridized carbons (Fsp3) is 0.167. The van der Waals surface area contributed by atoms with Crippen LogP contribution in [0.5, 0.6) is 0 Å². The fourth-order valence-corrected chi connectivity index (χ4v) is 1.00. The molecule has 1 aromatic carbocycles. The minimum absolute atomic E-state index is 0.302. The summed E-state index contributed by atoms with van der Waals surface area (Å²) in [7, 11) is 0. The van der Waals surface area contributed by atoms with Crippen molar-refractivity contribution in [2.24, 2.45) is 0 Å². The highest BCUT2D eigenvalue weighted by atomic mass is 16.5. The minimum atomic E-state index is -0.302. The Bertz CT molecular complexity index is 312. The van der Waals surface area contributed by atoms with Crippen molar-refractivity contribution in [3.63, 3.8) is 0 Å². The number of hydrogen-bond donors (Lipinski definition) is 0. The molecule has 1 aromatic rings. The summed E-state index contributed by atoms with van der Waals surface area (Å²) in [5.41, 5.74) is 1.54. The normalized spacial score (nSPS) is 9.50. The van der Waals surface area contributed by atoms with Crippen molar-refractivity contribution in [1.82, 2.24) is 0 Å². The number of rotatable bonds is 4. The van der Waals surface area contributed by atoms with E-state index in [0.717, 1.165) is 5.56 Å². The van der Waals surface area contributed by atoms with E-state index in [0.29, 0.717) is 18.6 Å². The molecule has 0 aliphatic rings. The molecule has 0 saturated heterocycles. The summed E-state index contributed by atoms with van der Waals surface area (Å²) < 4.78 is 4.92. The summed E-state index contributed by atoms with van der Waals surface area (Å²) in [6, 6.07) is 7.10. The van der Waals surface area contributed by atoms with E-state index < -0.39 is 0 Å². The summed E-state index contributed by atoms with van der Waals surface area (Å²) in [6.45, 7) is 7.58. The Kier molecular flexibility index (Phi) is 3.92. The molecule has 0 spiro atoms. The molecule has 0 N–H and O–H groups in total. The number of carbonyl (C=O) groups is 1. The van der Waals surface area contributed by atoms with Crippen molar-refractivity contribution in [3.05, 3.63) is 48.9 Å². The third kappa shape index (κ3) is 2.73. The van der Waals surface area contributed by atoms with E-state index in [1.54, 1.807) is 18.2 Å². The first kappa shape index (κ1) is 10.5. The fourth-order valence-electron chi connectivity index (χ4n) is 1.00. The molecule has 0 saturated carbocycles. The van der Waals surface area contributed by atoms with Crippen LogP contribution in [0, 0.1) is 6.92 Å². The molecule has 0 atom stereocenters. The molecule has 0 aromatic heterocycles. The number of benzene rings is 1. The highest BCUT2D eigenvalue weighted by molar-refractivity contribution is 5.89. The Morgan fingerprint density at radius 2 is 2.00 bits per heavy atom. The van der Waals surface area contributed by atoms with Gasteiger partial charge in [0.1, 0.15) is 0 Å². The van der Waals surface area contributed by atoms with Gasteiger partial charge in [0.05, 0.1) is 12.2 Å². The average Bonchev–Trinajstić information content (AvgIpc) is 2.26. The van der Waals surface area contributed by atoms with Crippen molar-refractivity contribution in [2.75, 3.05) is 6.61 Å². The molecule has 14 heavy (non-hydrogen) atoms. The topological polar surface area (TPSA) is 26.3 Å². The van der Waals surface area contributed by atoms with E-state index in [1.165, 1.54) is 0 Å². The molecule has 0 aliphatic heterocycles. The van der Waals surface area contributed by atoms with Crippen molar-refractivity contribution in [3.8, 4) is 0 Å². The van der Waals surface area contributed by atoms with Crippen molar-refractivity contribution < 1.29 is 9.53 Å². The first-order chi connectivity index (χ1) is 6.77. The molecule has 0 heterocycles. The first-order valence-corrected chi connectivity index (χ1v) is 4.47. The maximum Gasteiger partial charge on any atom is 0.338 e. The lowest BCUT2D eigenvalue weighted by Gasteiger charge is -2.02. The second-order valence-electron chi connectivity index (χ2n) is 2.82. The number of ether oxygens (including phenoxy) is 1. The largest absolute Gasteiger partial charge is 0.462 e. The van der Waals surface area contributed by atoms with Gasteiger partial charge in [-0.05, 0) is 31.0 Å². The maximum atomic E-state index is 11.3. The lowest BCUT2D eigenvalue weighted by Crippen LogP contribution is -2.05. The van der Waals surface area contributed by atoms with Crippen LogP contribution in [0.25, 0.3) is 6.08 Å². The van der Waals surface area contributed by atoms with Crippen molar-refractivity contribution >= 4 is 12.0 Å². The summed E-state index contributed by atoms with van der Waals surface area (Å²) in [6.07, 6.45) is 2.32. The average molecular weight is 189 g/mol. The summed E-state index contributed by atoms with van der Waals surface area (Å²) in [5, 5.41) is 0. The number of esters is 1. The summed E-state index contributed by atoms with van der Waals surface area (Å²) >= 11 is 0. The Hall–Kier alpha value is -1.57. The summed E-state index contributed by atoms with van der Waals surface area (Å²) in [5.74, 6) is -0.302. The van der Waals surface area contributed by atoms with Gasteiger partial charge in [0.15, 0.2) is 0 Å². The van der Waals surface area contributed by atoms with Gasteiger partial charge in [0.25, 0.3) is 0 Å². The Morgan fingerprint density at radius 3 is 2.50 bits per heavy atom. The number of hydrogen-bond acceptors (Lipinski definition) is 2. The van der Waals surface area contributed by atoms with Gasteiger partial charge < -0.3 is 4.74 Å². The van der Waals surface area contributed by atoms with Crippen LogP contribution in [0.4, 0.5) is 0 Å². The van der Waals surface area contributed by atoms with Crippen molar-refractivity contribution in [2.45, 2.75) is 6.42 Å². The van der Waals surface area contributed by atoms with Gasteiger partial charge in [-0.25, -0.2) is 4.79 Å². The van der Waals surface area contributed by atoms with E-state index in [-0.39, 0.29) is 5.97 Å². The van der Waals surface area contributed by atoms with Crippen LogP contribution < -0.4 is 0 Å².